The van der Waals surface area contributed by atoms with E-state index in [-0.39, 0.29) is 11.3 Å². The quantitative estimate of drug-likeness (QED) is 0.623. The number of fused-ring (bicyclic) bond motifs is 3. The number of nitrogens with one attached hydrogen (secondary N) is 2. The highest BCUT2D eigenvalue weighted by atomic mass is 19.4. The Morgan fingerprint density at radius 2 is 1.71 bits per heavy atom. The standard InChI is InChI=1S/C23H20F3N3O2/c24-23(25,26)18-10-9-15(29-13-5-6-14(29)8-7-13)11-20(18)28-22(31)17-12-27-19-4-2-1-3-16(19)21(17)30/h1-4,9-14H,5-8H2,(H,27,30)(H,28,31). The molecule has 5 nitrogen and oxygen atoms in total. The Hall–Kier alpha value is -3.29. The van der Waals surface area contributed by atoms with Crippen LogP contribution in [0, 0.1) is 0 Å². The number of alkyl halides is 3. The first kappa shape index (κ1) is 19.7. The van der Waals surface area contributed by atoms with Crippen molar-refractivity contribution >= 4 is 28.2 Å². The monoisotopic (exact) mass is 427 g/mol. The van der Waals surface area contributed by atoms with Crippen molar-refractivity contribution in [3.05, 3.63) is 70.0 Å². The number of rotatable bonds is 3. The van der Waals surface area contributed by atoms with E-state index in [1.54, 1.807) is 24.3 Å². The average molecular weight is 427 g/mol. The molecule has 2 fully saturated rings. The summed E-state index contributed by atoms with van der Waals surface area (Å²) in [6.07, 6.45) is 0.706. The largest absolute Gasteiger partial charge is 0.418 e. The third-order valence-corrected chi connectivity index (χ3v) is 6.34. The molecule has 8 heteroatoms. The van der Waals surface area contributed by atoms with E-state index < -0.39 is 23.1 Å². The molecule has 2 aromatic carbocycles. The van der Waals surface area contributed by atoms with E-state index in [9.17, 15) is 22.8 Å². The van der Waals surface area contributed by atoms with Gasteiger partial charge in [-0.15, -0.1) is 0 Å². The number of para-hydroxylation sites is 1. The van der Waals surface area contributed by atoms with Crippen LogP contribution in [0.25, 0.3) is 10.9 Å². The summed E-state index contributed by atoms with van der Waals surface area (Å²) < 4.78 is 40.9. The molecule has 160 valence electrons. The van der Waals surface area contributed by atoms with Gasteiger partial charge in [-0.25, -0.2) is 0 Å². The molecule has 3 heterocycles. The van der Waals surface area contributed by atoms with Crippen LogP contribution in [0.15, 0.2) is 53.5 Å². The zero-order chi connectivity index (χ0) is 21.8. The van der Waals surface area contributed by atoms with Crippen LogP contribution in [0.2, 0.25) is 0 Å². The van der Waals surface area contributed by atoms with Crippen molar-refractivity contribution in [3.8, 4) is 0 Å². The van der Waals surface area contributed by atoms with Crippen molar-refractivity contribution in [2.75, 3.05) is 10.2 Å². The second-order valence-corrected chi connectivity index (χ2v) is 8.13. The molecule has 0 saturated carbocycles. The van der Waals surface area contributed by atoms with Gasteiger partial charge in [-0.1, -0.05) is 12.1 Å². The van der Waals surface area contributed by atoms with Gasteiger partial charge in [0.2, 0.25) is 5.43 Å². The SMILES string of the molecule is O=C(Nc1cc(N2C3CCC2CC3)ccc1C(F)(F)F)c1c[nH]c2ccccc2c1=O. The Morgan fingerprint density at radius 3 is 2.39 bits per heavy atom. The van der Waals surface area contributed by atoms with Crippen LogP contribution in [0.3, 0.4) is 0 Å². The summed E-state index contributed by atoms with van der Waals surface area (Å²) >= 11 is 0. The van der Waals surface area contributed by atoms with Gasteiger partial charge in [-0.3, -0.25) is 9.59 Å². The molecule has 3 aromatic rings. The maximum Gasteiger partial charge on any atom is 0.418 e. The highest BCUT2D eigenvalue weighted by Gasteiger charge is 2.40. The normalized spacial score (nSPS) is 20.4. The fourth-order valence-corrected chi connectivity index (χ4v) is 4.90. The number of amides is 1. The average Bonchev–Trinajstić information content (AvgIpc) is 3.34. The third-order valence-electron chi connectivity index (χ3n) is 6.34. The fourth-order valence-electron chi connectivity index (χ4n) is 4.90. The van der Waals surface area contributed by atoms with E-state index in [4.69, 9.17) is 0 Å². The number of benzene rings is 2. The minimum atomic E-state index is -4.64. The van der Waals surface area contributed by atoms with Crippen LogP contribution in [0.1, 0.15) is 41.6 Å². The Balaban J connectivity index is 1.53. The summed E-state index contributed by atoms with van der Waals surface area (Å²) in [7, 11) is 0. The van der Waals surface area contributed by atoms with E-state index in [2.05, 4.69) is 15.2 Å². The van der Waals surface area contributed by atoms with Crippen LogP contribution >= 0.6 is 0 Å². The lowest BCUT2D eigenvalue weighted by atomic mass is 10.0. The number of hydrogen-bond donors (Lipinski definition) is 2. The molecule has 2 aliphatic rings. The van der Waals surface area contributed by atoms with Gasteiger partial charge in [-0.05, 0) is 56.0 Å². The van der Waals surface area contributed by atoms with Crippen LogP contribution in [-0.4, -0.2) is 23.0 Å². The summed E-state index contributed by atoms with van der Waals surface area (Å²) in [4.78, 5) is 30.5. The maximum atomic E-state index is 13.6. The van der Waals surface area contributed by atoms with Gasteiger partial charge in [0.15, 0.2) is 0 Å². The molecule has 2 bridgehead atoms. The van der Waals surface area contributed by atoms with Crippen molar-refractivity contribution in [2.45, 2.75) is 43.9 Å². The van der Waals surface area contributed by atoms with Crippen molar-refractivity contribution in [2.24, 2.45) is 0 Å². The molecule has 2 aliphatic heterocycles. The fraction of sp³-hybridized carbons (Fsp3) is 0.304. The Labute approximate surface area is 175 Å². The van der Waals surface area contributed by atoms with E-state index >= 15 is 0 Å². The molecule has 1 aromatic heterocycles. The van der Waals surface area contributed by atoms with Gasteiger partial charge in [0.25, 0.3) is 5.91 Å². The van der Waals surface area contributed by atoms with Gasteiger partial charge in [0.05, 0.1) is 11.3 Å². The van der Waals surface area contributed by atoms with E-state index in [0.29, 0.717) is 28.7 Å². The van der Waals surface area contributed by atoms with Gasteiger partial charge >= 0.3 is 6.18 Å². The van der Waals surface area contributed by atoms with Crippen LogP contribution in [0.4, 0.5) is 24.5 Å². The molecule has 0 atom stereocenters. The lowest BCUT2D eigenvalue weighted by Gasteiger charge is -2.26. The number of halogens is 3. The minimum absolute atomic E-state index is 0.238. The lowest BCUT2D eigenvalue weighted by molar-refractivity contribution is -0.136. The van der Waals surface area contributed by atoms with Crippen LogP contribution in [-0.2, 0) is 6.18 Å². The second-order valence-electron chi connectivity index (χ2n) is 8.13. The number of carbonyl (C=O) groups excluding carboxylic acids is 1. The van der Waals surface area contributed by atoms with Crippen molar-refractivity contribution in [1.82, 2.24) is 4.98 Å². The number of nitrogens with zero attached hydrogens (tertiary/aromatic N) is 1. The smallest absolute Gasteiger partial charge is 0.365 e. The van der Waals surface area contributed by atoms with Crippen molar-refractivity contribution in [3.63, 3.8) is 0 Å². The minimum Gasteiger partial charge on any atom is -0.365 e. The Morgan fingerprint density at radius 1 is 1.03 bits per heavy atom. The number of carbonyl (C=O) groups is 1. The first-order valence-electron chi connectivity index (χ1n) is 10.2. The van der Waals surface area contributed by atoms with Gasteiger partial charge in [-0.2, -0.15) is 13.2 Å². The molecular formula is C23H20F3N3O2. The van der Waals surface area contributed by atoms with Crippen LogP contribution in [0.5, 0.6) is 0 Å². The molecule has 0 spiro atoms. The molecule has 0 unspecified atom stereocenters. The number of aromatic amines is 1. The molecule has 5 rings (SSSR count). The van der Waals surface area contributed by atoms with Gasteiger partial charge in [0, 0.05) is 34.9 Å². The van der Waals surface area contributed by atoms with E-state index in [0.717, 1.165) is 31.7 Å². The topological polar surface area (TPSA) is 65.2 Å². The summed E-state index contributed by atoms with van der Waals surface area (Å²) in [6, 6.07) is 11.2. The van der Waals surface area contributed by atoms with Crippen LogP contribution < -0.4 is 15.6 Å². The molecular weight excluding hydrogens is 407 g/mol. The molecule has 2 saturated heterocycles. The number of aromatic nitrogens is 1. The Kier molecular flexibility index (Phi) is 4.53. The second kappa shape index (κ2) is 7.14. The van der Waals surface area contributed by atoms with Gasteiger partial charge in [0.1, 0.15) is 5.56 Å². The first-order chi connectivity index (χ1) is 14.8. The van der Waals surface area contributed by atoms with E-state index in [1.807, 2.05) is 0 Å². The zero-order valence-corrected chi connectivity index (χ0v) is 16.5. The predicted octanol–water partition coefficient (Wildman–Crippen LogP) is 4.93. The van der Waals surface area contributed by atoms with Crippen molar-refractivity contribution in [1.29, 1.82) is 0 Å². The number of H-pyrrole nitrogens is 1. The highest BCUT2D eigenvalue weighted by Crippen LogP contribution is 2.43. The number of hydrogen-bond acceptors (Lipinski definition) is 3. The van der Waals surface area contributed by atoms with Gasteiger partial charge < -0.3 is 15.2 Å². The number of pyridine rings is 1. The summed E-state index contributed by atoms with van der Waals surface area (Å²) in [6.45, 7) is 0. The lowest BCUT2D eigenvalue weighted by Crippen LogP contribution is -2.28. The predicted molar refractivity (Wildman–Crippen MR) is 112 cm³/mol. The number of anilines is 2. The Bertz CT molecular complexity index is 1210. The molecule has 2 N–H and O–H groups in total. The van der Waals surface area contributed by atoms with E-state index in [1.165, 1.54) is 18.3 Å². The summed E-state index contributed by atoms with van der Waals surface area (Å²) in [5.41, 5.74) is -0.831. The molecule has 0 radical (unpaired) electrons. The summed E-state index contributed by atoms with van der Waals surface area (Å²) in [5.74, 6) is -0.876. The maximum absolute atomic E-state index is 13.6. The first-order valence-corrected chi connectivity index (χ1v) is 10.2. The molecule has 31 heavy (non-hydrogen) atoms. The zero-order valence-electron chi connectivity index (χ0n) is 16.5. The third kappa shape index (κ3) is 3.36. The highest BCUT2D eigenvalue weighted by molar-refractivity contribution is 6.06. The molecule has 0 aliphatic carbocycles. The van der Waals surface area contributed by atoms with Crippen molar-refractivity contribution < 1.29 is 18.0 Å². The molecule has 1 amide bonds. The summed E-state index contributed by atoms with van der Waals surface area (Å²) in [5, 5.41) is 2.65.